The first-order valence-electron chi connectivity index (χ1n) is 3.30. The van der Waals surface area contributed by atoms with E-state index in [0.717, 1.165) is 0 Å². The van der Waals surface area contributed by atoms with Crippen LogP contribution >= 0.6 is 0 Å². The van der Waals surface area contributed by atoms with E-state index in [1.165, 1.54) is 0 Å². The molecule has 7 heteroatoms. The number of aromatic carboxylic acids is 1. The van der Waals surface area contributed by atoms with E-state index in [-0.39, 0.29) is 0 Å². The van der Waals surface area contributed by atoms with Gasteiger partial charge >= 0.3 is 5.97 Å². The lowest BCUT2D eigenvalue weighted by atomic mass is 10.1. The molecule has 0 bridgehead atoms. The summed E-state index contributed by atoms with van der Waals surface area (Å²) in [4.78, 5) is 13.0. The molecule has 0 radical (unpaired) electrons. The van der Waals surface area contributed by atoms with Crippen molar-refractivity contribution in [1.29, 1.82) is 0 Å². The van der Waals surface area contributed by atoms with Gasteiger partial charge in [0.25, 0.3) is 6.43 Å². The first kappa shape index (κ1) is 10.4. The van der Waals surface area contributed by atoms with Gasteiger partial charge in [-0.05, 0) is 0 Å². The molecule has 1 aromatic heterocycles. The monoisotopic (exact) mass is 209 g/mol. The van der Waals surface area contributed by atoms with E-state index in [9.17, 15) is 22.4 Å². The van der Waals surface area contributed by atoms with Crippen LogP contribution in [0.5, 0.6) is 0 Å². The highest BCUT2D eigenvalue weighted by atomic mass is 19.3. The van der Waals surface area contributed by atoms with Gasteiger partial charge in [-0.2, -0.15) is 4.39 Å². The molecule has 1 N–H and O–H groups in total. The standard InChI is InChI=1S/C7H3F4NO2/c8-4-3(7(13)14)2(5(9)10)1-12-6(4)11/h1,5H,(H,13,14). The van der Waals surface area contributed by atoms with E-state index in [4.69, 9.17) is 5.11 Å². The van der Waals surface area contributed by atoms with Crippen molar-refractivity contribution < 1.29 is 27.5 Å². The maximum Gasteiger partial charge on any atom is 0.339 e. The van der Waals surface area contributed by atoms with Crippen LogP contribution in [0.25, 0.3) is 0 Å². The summed E-state index contributed by atoms with van der Waals surface area (Å²) in [5.41, 5.74) is -2.52. The molecule has 0 amide bonds. The number of aromatic nitrogens is 1. The Balaban J connectivity index is 3.45. The minimum Gasteiger partial charge on any atom is -0.478 e. The van der Waals surface area contributed by atoms with Crippen molar-refractivity contribution in [2.75, 3.05) is 0 Å². The van der Waals surface area contributed by atoms with Gasteiger partial charge < -0.3 is 5.11 Å². The molecule has 0 aliphatic heterocycles. The Morgan fingerprint density at radius 2 is 2.00 bits per heavy atom. The molecule has 3 nitrogen and oxygen atoms in total. The van der Waals surface area contributed by atoms with Crippen molar-refractivity contribution in [1.82, 2.24) is 4.98 Å². The van der Waals surface area contributed by atoms with Crippen molar-refractivity contribution in [3.05, 3.63) is 29.1 Å². The van der Waals surface area contributed by atoms with Crippen LogP contribution in [0, 0.1) is 11.8 Å². The smallest absolute Gasteiger partial charge is 0.339 e. The van der Waals surface area contributed by atoms with Crippen LogP contribution < -0.4 is 0 Å². The number of hydrogen-bond donors (Lipinski definition) is 1. The maximum atomic E-state index is 12.7. The quantitative estimate of drug-likeness (QED) is 0.598. The zero-order chi connectivity index (χ0) is 10.9. The number of rotatable bonds is 2. The molecule has 0 aliphatic rings. The summed E-state index contributed by atoms with van der Waals surface area (Å²) in [6.45, 7) is 0. The summed E-state index contributed by atoms with van der Waals surface area (Å²) in [6.07, 6.45) is -2.92. The number of carbonyl (C=O) groups is 1. The fourth-order valence-corrected chi connectivity index (χ4v) is 0.860. The van der Waals surface area contributed by atoms with Crippen molar-refractivity contribution >= 4 is 5.97 Å². The highest BCUT2D eigenvalue weighted by molar-refractivity contribution is 5.89. The van der Waals surface area contributed by atoms with Gasteiger partial charge in [-0.15, -0.1) is 0 Å². The van der Waals surface area contributed by atoms with Crippen LogP contribution in [0.1, 0.15) is 22.3 Å². The van der Waals surface area contributed by atoms with Crippen molar-refractivity contribution in [3.63, 3.8) is 0 Å². The molecule has 76 valence electrons. The molecular formula is C7H3F4NO2. The van der Waals surface area contributed by atoms with Crippen LogP contribution in [0.15, 0.2) is 6.20 Å². The van der Waals surface area contributed by atoms with Crippen LogP contribution in [0.4, 0.5) is 17.6 Å². The molecule has 0 aromatic carbocycles. The summed E-state index contributed by atoms with van der Waals surface area (Å²) < 4.78 is 49.3. The molecule has 1 aromatic rings. The van der Waals surface area contributed by atoms with Crippen LogP contribution in [-0.2, 0) is 0 Å². The molecule has 0 saturated heterocycles. The van der Waals surface area contributed by atoms with Gasteiger partial charge in [-0.1, -0.05) is 0 Å². The number of halogens is 4. The Bertz CT molecular complexity index is 380. The Hall–Kier alpha value is -1.66. The first-order chi connectivity index (χ1) is 6.45. The lowest BCUT2D eigenvalue weighted by Crippen LogP contribution is -2.09. The molecule has 0 spiro atoms. The summed E-state index contributed by atoms with van der Waals surface area (Å²) in [7, 11) is 0. The summed E-state index contributed by atoms with van der Waals surface area (Å²) in [5, 5.41) is 8.35. The van der Waals surface area contributed by atoms with Gasteiger partial charge in [-0.25, -0.2) is 22.9 Å². The molecular weight excluding hydrogens is 206 g/mol. The third-order valence-corrected chi connectivity index (χ3v) is 1.46. The van der Waals surface area contributed by atoms with E-state index >= 15 is 0 Å². The lowest BCUT2D eigenvalue weighted by Gasteiger charge is -2.05. The molecule has 1 rings (SSSR count). The van der Waals surface area contributed by atoms with E-state index in [0.29, 0.717) is 6.20 Å². The number of carboxylic acids is 1. The van der Waals surface area contributed by atoms with E-state index in [2.05, 4.69) is 4.98 Å². The second-order valence-corrected chi connectivity index (χ2v) is 2.30. The van der Waals surface area contributed by atoms with E-state index in [1.54, 1.807) is 0 Å². The average Bonchev–Trinajstić information content (AvgIpc) is 2.08. The molecule has 0 unspecified atom stereocenters. The third-order valence-electron chi connectivity index (χ3n) is 1.46. The predicted molar refractivity (Wildman–Crippen MR) is 36.1 cm³/mol. The molecule has 0 fully saturated rings. The van der Waals surface area contributed by atoms with Crippen LogP contribution in [0.3, 0.4) is 0 Å². The third kappa shape index (κ3) is 1.66. The van der Waals surface area contributed by atoms with Crippen molar-refractivity contribution in [2.24, 2.45) is 0 Å². The van der Waals surface area contributed by atoms with E-state index in [1.807, 2.05) is 0 Å². The fraction of sp³-hybridized carbons (Fsp3) is 0.143. The van der Waals surface area contributed by atoms with Gasteiger partial charge in [0.15, 0.2) is 5.82 Å². The summed E-state index contributed by atoms with van der Waals surface area (Å²) >= 11 is 0. The average molecular weight is 209 g/mol. The Morgan fingerprint density at radius 3 is 2.43 bits per heavy atom. The number of pyridine rings is 1. The SMILES string of the molecule is O=C(O)c1c(C(F)F)cnc(F)c1F. The number of hydrogen-bond acceptors (Lipinski definition) is 2. The minimum absolute atomic E-state index is 0.298. The minimum atomic E-state index is -3.22. The van der Waals surface area contributed by atoms with E-state index < -0.39 is 35.3 Å². The largest absolute Gasteiger partial charge is 0.478 e. The summed E-state index contributed by atoms with van der Waals surface area (Å²) in [5.74, 6) is -5.55. The van der Waals surface area contributed by atoms with Gasteiger partial charge in [-0.3, -0.25) is 0 Å². The fourth-order valence-electron chi connectivity index (χ4n) is 0.860. The van der Waals surface area contributed by atoms with Gasteiger partial charge in [0.2, 0.25) is 5.95 Å². The second-order valence-electron chi connectivity index (χ2n) is 2.30. The van der Waals surface area contributed by atoms with Gasteiger partial charge in [0, 0.05) is 6.20 Å². The molecule has 0 aliphatic carbocycles. The normalized spacial score (nSPS) is 10.6. The van der Waals surface area contributed by atoms with Gasteiger partial charge in [0.1, 0.15) is 5.56 Å². The Labute approximate surface area is 75.0 Å². The second kappa shape index (κ2) is 3.60. The Kier molecular flexibility index (Phi) is 2.68. The molecule has 0 saturated carbocycles. The Morgan fingerprint density at radius 1 is 1.43 bits per heavy atom. The molecule has 0 atom stereocenters. The summed E-state index contributed by atoms with van der Waals surface area (Å²) in [6, 6.07) is 0. The topological polar surface area (TPSA) is 50.2 Å². The highest BCUT2D eigenvalue weighted by Crippen LogP contribution is 2.24. The van der Waals surface area contributed by atoms with Crippen molar-refractivity contribution in [3.8, 4) is 0 Å². The zero-order valence-corrected chi connectivity index (χ0v) is 6.47. The van der Waals surface area contributed by atoms with Gasteiger partial charge in [0.05, 0.1) is 5.56 Å². The number of carboxylic acid groups (broad SMARTS) is 1. The molecule has 14 heavy (non-hydrogen) atoms. The predicted octanol–water partition coefficient (Wildman–Crippen LogP) is 2.00. The highest BCUT2D eigenvalue weighted by Gasteiger charge is 2.25. The van der Waals surface area contributed by atoms with Crippen LogP contribution in [0.2, 0.25) is 0 Å². The van der Waals surface area contributed by atoms with Crippen LogP contribution in [-0.4, -0.2) is 16.1 Å². The lowest BCUT2D eigenvalue weighted by molar-refractivity contribution is 0.0676. The molecule has 1 heterocycles. The van der Waals surface area contributed by atoms with Crippen molar-refractivity contribution in [2.45, 2.75) is 6.43 Å². The first-order valence-corrected chi connectivity index (χ1v) is 3.30. The maximum absolute atomic E-state index is 12.7. The number of nitrogens with zero attached hydrogens (tertiary/aromatic N) is 1. The zero-order valence-electron chi connectivity index (χ0n) is 6.47. The number of alkyl halides is 2.